The van der Waals surface area contributed by atoms with Crippen molar-refractivity contribution in [1.29, 1.82) is 0 Å². The molecule has 0 saturated heterocycles. The Hall–Kier alpha value is -1.66. The summed E-state index contributed by atoms with van der Waals surface area (Å²) in [6, 6.07) is 4.42. The second kappa shape index (κ2) is 5.32. The van der Waals surface area contributed by atoms with Crippen molar-refractivity contribution in [2.24, 2.45) is 0 Å². The number of benzene rings is 1. The quantitative estimate of drug-likeness (QED) is 0.934. The Kier molecular flexibility index (Phi) is 3.78. The lowest BCUT2D eigenvalue weighted by Gasteiger charge is -2.05. The maximum absolute atomic E-state index is 10.9. The Labute approximate surface area is 116 Å². The molecule has 0 unspecified atom stereocenters. The number of aromatic carboxylic acids is 1. The Bertz CT molecular complexity index is 589. The standard InChI is InChI=1S/C11H6BrClN2O3/c12-6-4-14-11(15-5-6)18-7-1-2-9(13)8(3-7)10(16)17/h1-5H,(H,16,17). The minimum absolute atomic E-state index is 0.0359. The first-order chi connectivity index (χ1) is 8.56. The molecule has 0 aliphatic rings. The van der Waals surface area contributed by atoms with E-state index in [9.17, 15) is 4.79 Å². The van der Waals surface area contributed by atoms with E-state index in [0.717, 1.165) is 4.47 Å². The number of hydrogen-bond donors (Lipinski definition) is 1. The molecule has 0 bridgehead atoms. The van der Waals surface area contributed by atoms with Gasteiger partial charge in [0.05, 0.1) is 15.1 Å². The average molecular weight is 330 g/mol. The second-order valence-corrected chi connectivity index (χ2v) is 4.56. The van der Waals surface area contributed by atoms with Crippen LogP contribution in [0.1, 0.15) is 10.4 Å². The molecule has 0 radical (unpaired) electrons. The van der Waals surface area contributed by atoms with Gasteiger partial charge < -0.3 is 9.84 Å². The average Bonchev–Trinajstić information content (AvgIpc) is 2.34. The third-order valence-corrected chi connectivity index (χ3v) is 2.71. The van der Waals surface area contributed by atoms with Gasteiger partial charge in [-0.15, -0.1) is 0 Å². The van der Waals surface area contributed by atoms with Gasteiger partial charge in [-0.2, -0.15) is 0 Å². The molecule has 0 amide bonds. The van der Waals surface area contributed by atoms with Crippen LogP contribution >= 0.6 is 27.5 Å². The summed E-state index contributed by atoms with van der Waals surface area (Å²) in [5.41, 5.74) is -0.0359. The fourth-order valence-electron chi connectivity index (χ4n) is 1.19. The lowest BCUT2D eigenvalue weighted by atomic mass is 10.2. The van der Waals surface area contributed by atoms with Crippen LogP contribution in [-0.2, 0) is 0 Å². The number of nitrogens with zero attached hydrogens (tertiary/aromatic N) is 2. The van der Waals surface area contributed by atoms with Crippen molar-refractivity contribution in [3.8, 4) is 11.8 Å². The Morgan fingerprint density at radius 3 is 2.61 bits per heavy atom. The smallest absolute Gasteiger partial charge is 0.337 e. The van der Waals surface area contributed by atoms with Gasteiger partial charge in [0, 0.05) is 12.4 Å². The van der Waals surface area contributed by atoms with E-state index in [-0.39, 0.29) is 16.6 Å². The molecule has 1 N–H and O–H groups in total. The molecule has 2 aromatic rings. The van der Waals surface area contributed by atoms with Gasteiger partial charge in [0.2, 0.25) is 0 Å². The fourth-order valence-corrected chi connectivity index (χ4v) is 1.59. The van der Waals surface area contributed by atoms with E-state index in [1.54, 1.807) is 6.07 Å². The highest BCUT2D eigenvalue weighted by Crippen LogP contribution is 2.25. The zero-order valence-corrected chi connectivity index (χ0v) is 11.1. The molecule has 0 aliphatic heterocycles. The summed E-state index contributed by atoms with van der Waals surface area (Å²) in [7, 11) is 0. The van der Waals surface area contributed by atoms with Crippen LogP contribution in [0.4, 0.5) is 0 Å². The molecule has 7 heteroatoms. The number of hydrogen-bond acceptors (Lipinski definition) is 4. The zero-order valence-electron chi connectivity index (χ0n) is 8.80. The highest BCUT2D eigenvalue weighted by molar-refractivity contribution is 9.10. The lowest BCUT2D eigenvalue weighted by molar-refractivity contribution is 0.0696. The van der Waals surface area contributed by atoms with Crippen LogP contribution in [0.3, 0.4) is 0 Å². The summed E-state index contributed by atoms with van der Waals surface area (Å²) in [6.07, 6.45) is 3.05. The predicted octanol–water partition coefficient (Wildman–Crippen LogP) is 3.38. The predicted molar refractivity (Wildman–Crippen MR) is 68.2 cm³/mol. The minimum Gasteiger partial charge on any atom is -0.478 e. The van der Waals surface area contributed by atoms with Crippen LogP contribution in [0.25, 0.3) is 0 Å². The second-order valence-electron chi connectivity index (χ2n) is 3.23. The monoisotopic (exact) mass is 328 g/mol. The van der Waals surface area contributed by atoms with Gasteiger partial charge in [0.25, 0.3) is 0 Å². The maximum atomic E-state index is 10.9. The van der Waals surface area contributed by atoms with Crippen LogP contribution in [0.2, 0.25) is 5.02 Å². The van der Waals surface area contributed by atoms with Crippen molar-refractivity contribution in [3.05, 3.63) is 45.7 Å². The molecule has 0 saturated carbocycles. The largest absolute Gasteiger partial charge is 0.478 e. The van der Waals surface area contributed by atoms with E-state index >= 15 is 0 Å². The Morgan fingerprint density at radius 2 is 2.00 bits per heavy atom. The van der Waals surface area contributed by atoms with E-state index in [4.69, 9.17) is 21.4 Å². The number of carboxylic acids is 1. The summed E-state index contributed by atoms with van der Waals surface area (Å²) >= 11 is 8.94. The maximum Gasteiger partial charge on any atom is 0.337 e. The van der Waals surface area contributed by atoms with Gasteiger partial charge in [-0.25, -0.2) is 14.8 Å². The summed E-state index contributed by atoms with van der Waals surface area (Å²) in [5, 5.41) is 9.06. The Morgan fingerprint density at radius 1 is 1.33 bits per heavy atom. The van der Waals surface area contributed by atoms with E-state index in [1.165, 1.54) is 24.5 Å². The molecule has 18 heavy (non-hydrogen) atoms. The van der Waals surface area contributed by atoms with Crippen molar-refractivity contribution in [2.45, 2.75) is 0 Å². The van der Waals surface area contributed by atoms with Crippen molar-refractivity contribution in [3.63, 3.8) is 0 Å². The van der Waals surface area contributed by atoms with Gasteiger partial charge in [-0.3, -0.25) is 0 Å². The van der Waals surface area contributed by atoms with E-state index < -0.39 is 5.97 Å². The minimum atomic E-state index is -1.12. The summed E-state index contributed by atoms with van der Waals surface area (Å²) in [6.45, 7) is 0. The van der Waals surface area contributed by atoms with Gasteiger partial charge in [0.1, 0.15) is 5.75 Å². The molecular formula is C11H6BrClN2O3. The number of aromatic nitrogens is 2. The number of ether oxygens (including phenoxy) is 1. The van der Waals surface area contributed by atoms with Gasteiger partial charge in [-0.1, -0.05) is 11.6 Å². The van der Waals surface area contributed by atoms with Crippen LogP contribution in [0, 0.1) is 0 Å². The number of carboxylic acid groups (broad SMARTS) is 1. The topological polar surface area (TPSA) is 72.3 Å². The molecular weight excluding hydrogens is 323 g/mol. The van der Waals surface area contributed by atoms with Crippen LogP contribution < -0.4 is 4.74 Å². The van der Waals surface area contributed by atoms with Crippen LogP contribution in [0.15, 0.2) is 35.1 Å². The molecule has 0 atom stereocenters. The summed E-state index contributed by atoms with van der Waals surface area (Å²) in [5.74, 6) is -0.818. The van der Waals surface area contributed by atoms with Crippen LogP contribution in [-0.4, -0.2) is 21.0 Å². The molecule has 2 rings (SSSR count). The number of halogens is 2. The highest BCUT2D eigenvalue weighted by Gasteiger charge is 2.11. The molecule has 92 valence electrons. The van der Waals surface area contributed by atoms with E-state index in [1.807, 2.05) is 0 Å². The molecule has 5 nitrogen and oxygen atoms in total. The first-order valence-corrected chi connectivity index (χ1v) is 5.91. The lowest BCUT2D eigenvalue weighted by Crippen LogP contribution is -1.98. The first kappa shape index (κ1) is 12.8. The SMILES string of the molecule is O=C(O)c1cc(Oc2ncc(Br)cn2)ccc1Cl. The third-order valence-electron chi connectivity index (χ3n) is 1.97. The third kappa shape index (κ3) is 2.96. The summed E-state index contributed by atoms with van der Waals surface area (Å²) in [4.78, 5) is 18.7. The first-order valence-electron chi connectivity index (χ1n) is 4.74. The molecule has 0 aliphatic carbocycles. The van der Waals surface area contributed by atoms with Crippen molar-refractivity contribution >= 4 is 33.5 Å². The molecule has 1 aromatic carbocycles. The summed E-state index contributed by atoms with van der Waals surface area (Å²) < 4.78 is 6.03. The van der Waals surface area contributed by atoms with E-state index in [2.05, 4.69) is 25.9 Å². The number of rotatable bonds is 3. The van der Waals surface area contributed by atoms with Gasteiger partial charge in [-0.05, 0) is 34.1 Å². The molecule has 0 spiro atoms. The van der Waals surface area contributed by atoms with Crippen LogP contribution in [0.5, 0.6) is 11.8 Å². The van der Waals surface area contributed by atoms with Crippen molar-refractivity contribution in [2.75, 3.05) is 0 Å². The number of carbonyl (C=O) groups is 1. The van der Waals surface area contributed by atoms with Gasteiger partial charge in [0.15, 0.2) is 0 Å². The highest BCUT2D eigenvalue weighted by atomic mass is 79.9. The van der Waals surface area contributed by atoms with Crippen molar-refractivity contribution in [1.82, 2.24) is 9.97 Å². The Balaban J connectivity index is 2.27. The molecule has 1 aromatic heterocycles. The zero-order chi connectivity index (χ0) is 13.1. The normalized spacial score (nSPS) is 10.1. The van der Waals surface area contributed by atoms with Gasteiger partial charge >= 0.3 is 12.0 Å². The fraction of sp³-hybridized carbons (Fsp3) is 0. The van der Waals surface area contributed by atoms with Crippen molar-refractivity contribution < 1.29 is 14.6 Å². The molecule has 0 fully saturated rings. The molecule has 1 heterocycles. The van der Waals surface area contributed by atoms with E-state index in [0.29, 0.717) is 5.75 Å².